The lowest BCUT2D eigenvalue weighted by atomic mass is 10.00. The minimum Gasteiger partial charge on any atom is -0.390 e. The van der Waals surface area contributed by atoms with Crippen LogP contribution in [0.1, 0.15) is 32.0 Å². The fourth-order valence-corrected chi connectivity index (χ4v) is 8.86. The second kappa shape index (κ2) is 14.1. The van der Waals surface area contributed by atoms with Gasteiger partial charge >= 0.3 is 0 Å². The molecule has 0 radical (unpaired) electrons. The Morgan fingerprint density at radius 1 is 1.05 bits per heavy atom. The summed E-state index contributed by atoms with van der Waals surface area (Å²) in [5.74, 6) is -2.20. The van der Waals surface area contributed by atoms with Crippen molar-refractivity contribution in [3.63, 3.8) is 0 Å². The van der Waals surface area contributed by atoms with Crippen LogP contribution in [0.5, 0.6) is 0 Å². The van der Waals surface area contributed by atoms with Crippen LogP contribution in [0.25, 0.3) is 10.2 Å². The number of rotatable bonds is 15. The van der Waals surface area contributed by atoms with E-state index < -0.39 is 49.6 Å². The van der Waals surface area contributed by atoms with E-state index in [4.69, 9.17) is 0 Å². The number of hydrogen-bond acceptors (Lipinski definition) is 9. The fraction of sp³-hybridized carbons (Fsp3) is 0.414. The number of sulfonamides is 1. The molecule has 0 saturated carbocycles. The van der Waals surface area contributed by atoms with E-state index in [0.29, 0.717) is 11.2 Å². The number of aromatic amines is 1. The molecule has 0 bridgehead atoms. The molecule has 0 saturated heterocycles. The Balaban J connectivity index is 1.54. The second-order valence-electron chi connectivity index (χ2n) is 11.1. The van der Waals surface area contributed by atoms with Crippen molar-refractivity contribution in [1.29, 1.82) is 0 Å². The number of aliphatic hydroxyl groups excluding tert-OH is 1. The van der Waals surface area contributed by atoms with E-state index in [9.17, 15) is 26.7 Å². The van der Waals surface area contributed by atoms with E-state index in [0.717, 1.165) is 10.3 Å². The van der Waals surface area contributed by atoms with Gasteiger partial charge in [-0.15, -0.1) is 11.3 Å². The zero-order chi connectivity index (χ0) is 31.2. The molecule has 2 aromatic carbocycles. The number of fused-ring (bicyclic) bond motifs is 1. The molecule has 11 nitrogen and oxygen atoms in total. The predicted molar refractivity (Wildman–Crippen MR) is 167 cm³/mol. The van der Waals surface area contributed by atoms with Gasteiger partial charge in [0.05, 0.1) is 50.0 Å². The van der Waals surface area contributed by atoms with Crippen molar-refractivity contribution in [3.05, 3.63) is 77.6 Å². The number of sulfone groups is 1. The predicted octanol–water partition coefficient (Wildman–Crippen LogP) is 3.01. The van der Waals surface area contributed by atoms with E-state index in [1.54, 1.807) is 23.7 Å². The maximum Gasteiger partial charge on any atom is 0.243 e. The molecule has 1 unspecified atom stereocenters. The number of aliphatic hydroxyl groups is 1. The highest BCUT2D eigenvalue weighted by atomic mass is 32.2. The molecule has 0 fully saturated rings. The van der Waals surface area contributed by atoms with Crippen LogP contribution in [-0.2, 0) is 36.8 Å². The molecular weight excluding hydrogens is 611 g/mol. The molecule has 4 aromatic rings. The highest BCUT2D eigenvalue weighted by Crippen LogP contribution is 2.25. The summed E-state index contributed by atoms with van der Waals surface area (Å²) in [6.45, 7) is 5.16. The van der Waals surface area contributed by atoms with Crippen LogP contribution in [0.3, 0.4) is 0 Å². The van der Waals surface area contributed by atoms with Crippen LogP contribution in [0.15, 0.2) is 71.2 Å². The van der Waals surface area contributed by atoms with Crippen molar-refractivity contribution in [1.82, 2.24) is 24.8 Å². The quantitative estimate of drug-likeness (QED) is 0.177. The third-order valence-corrected chi connectivity index (χ3v) is 11.3. The molecule has 0 aliphatic rings. The lowest BCUT2D eigenvalue weighted by Gasteiger charge is -2.31. The summed E-state index contributed by atoms with van der Waals surface area (Å²) in [5, 5.41) is 20.7. The van der Waals surface area contributed by atoms with Crippen molar-refractivity contribution in [2.75, 3.05) is 18.8 Å². The maximum atomic E-state index is 13.8. The molecule has 4 rings (SSSR count). The minimum atomic E-state index is -4.01. The van der Waals surface area contributed by atoms with Crippen LogP contribution in [0, 0.1) is 11.8 Å². The first-order valence-electron chi connectivity index (χ1n) is 13.9. The first-order valence-corrected chi connectivity index (χ1v) is 18.0. The first-order chi connectivity index (χ1) is 20.3. The van der Waals surface area contributed by atoms with Gasteiger partial charge in [0.25, 0.3) is 0 Å². The summed E-state index contributed by atoms with van der Waals surface area (Å²) < 4.78 is 55.0. The van der Waals surface area contributed by atoms with Crippen LogP contribution in [-0.4, -0.2) is 78.3 Å². The Bertz CT molecular complexity index is 1710. The topological polar surface area (TPSA) is 162 Å². The molecule has 0 aliphatic carbocycles. The largest absolute Gasteiger partial charge is 0.390 e. The van der Waals surface area contributed by atoms with Gasteiger partial charge in [-0.1, -0.05) is 51.1 Å². The molecular formula is C29H37N5O6S3. The average Bonchev–Trinajstić information content (AvgIpc) is 3.63. The van der Waals surface area contributed by atoms with Gasteiger partial charge in [0.2, 0.25) is 15.9 Å². The molecule has 1 amide bonds. The Kier molecular flexibility index (Phi) is 10.7. The smallest absolute Gasteiger partial charge is 0.243 e. The maximum absolute atomic E-state index is 13.8. The van der Waals surface area contributed by atoms with Crippen molar-refractivity contribution in [2.24, 2.45) is 11.8 Å². The summed E-state index contributed by atoms with van der Waals surface area (Å²) >= 11 is 1.34. The van der Waals surface area contributed by atoms with E-state index in [-0.39, 0.29) is 36.1 Å². The number of amides is 1. The third kappa shape index (κ3) is 8.92. The summed E-state index contributed by atoms with van der Waals surface area (Å²) in [4.78, 5) is 17.6. The third-order valence-electron chi connectivity index (χ3n) is 6.88. The van der Waals surface area contributed by atoms with Crippen molar-refractivity contribution in [2.45, 2.75) is 50.0 Å². The van der Waals surface area contributed by atoms with Gasteiger partial charge in [-0.05, 0) is 42.2 Å². The Labute approximate surface area is 256 Å². The molecule has 3 atom stereocenters. The zero-order valence-electron chi connectivity index (χ0n) is 24.3. The molecule has 2 aromatic heterocycles. The van der Waals surface area contributed by atoms with Crippen LogP contribution >= 0.6 is 11.3 Å². The van der Waals surface area contributed by atoms with Crippen molar-refractivity contribution < 1.29 is 26.7 Å². The number of nitrogens with zero attached hydrogens (tertiary/aromatic N) is 3. The highest BCUT2D eigenvalue weighted by molar-refractivity contribution is 7.90. The van der Waals surface area contributed by atoms with Gasteiger partial charge in [0.1, 0.15) is 0 Å². The monoisotopic (exact) mass is 647 g/mol. The highest BCUT2D eigenvalue weighted by Gasteiger charge is 2.33. The summed E-state index contributed by atoms with van der Waals surface area (Å²) in [7, 11) is -7.65. The number of aromatic nitrogens is 3. The fourth-order valence-electron chi connectivity index (χ4n) is 4.75. The molecule has 0 aliphatic heterocycles. The van der Waals surface area contributed by atoms with E-state index in [1.807, 2.05) is 44.2 Å². The number of hydrogen-bond donors (Lipinski definition) is 3. The first kappa shape index (κ1) is 32.7. The van der Waals surface area contributed by atoms with Crippen LogP contribution in [0.2, 0.25) is 0 Å². The van der Waals surface area contributed by atoms with Crippen molar-refractivity contribution >= 4 is 47.3 Å². The molecule has 2 heterocycles. The Hall–Kier alpha value is -3.17. The number of carbonyl (C=O) groups is 1. The van der Waals surface area contributed by atoms with Gasteiger partial charge in [0, 0.05) is 25.2 Å². The number of thiazole rings is 1. The van der Waals surface area contributed by atoms with Gasteiger partial charge in [-0.2, -0.15) is 9.40 Å². The zero-order valence-corrected chi connectivity index (χ0v) is 26.7. The van der Waals surface area contributed by atoms with Gasteiger partial charge in [-0.3, -0.25) is 9.89 Å². The number of H-pyrrole nitrogens is 1. The van der Waals surface area contributed by atoms with Crippen LogP contribution < -0.4 is 5.32 Å². The molecule has 14 heteroatoms. The lowest BCUT2D eigenvalue weighted by Crippen LogP contribution is -2.52. The number of carbonyl (C=O) groups excluding carboxylic acids is 1. The Morgan fingerprint density at radius 2 is 1.79 bits per heavy atom. The summed E-state index contributed by atoms with van der Waals surface area (Å²) in [5.41, 5.74) is 3.59. The second-order valence-corrected chi connectivity index (χ2v) is 16.0. The SMILES string of the molecule is CC(C)CN(C[C@@H](O)C(Cc1ccccc1)NC(=O)[C@H](C)CS(=O)(=O)Cc1ccn[nH]1)S(=O)(=O)c1ccc2ncsc2c1. The minimum absolute atomic E-state index is 0.0450. The van der Waals surface area contributed by atoms with Gasteiger partial charge in [-0.25, -0.2) is 21.8 Å². The summed E-state index contributed by atoms with van der Waals surface area (Å²) in [6, 6.07) is 14.6. The average molecular weight is 648 g/mol. The number of benzene rings is 2. The standard InChI is InChI=1S/C29H37N5O6S3/c1-20(2)15-34(43(39,40)24-9-10-25-28(14-24)41-19-30-25)16-27(35)26(13-22-7-5-4-6-8-22)32-29(36)21(3)17-42(37,38)18-23-11-12-31-33-23/h4-12,14,19-21,26-27,35H,13,15-18H2,1-3H3,(H,31,33)(H,32,36)/t21-,26?,27-/m1/s1. The Morgan fingerprint density at radius 3 is 2.47 bits per heavy atom. The van der Waals surface area contributed by atoms with Gasteiger partial charge < -0.3 is 10.4 Å². The molecule has 0 spiro atoms. The van der Waals surface area contributed by atoms with Gasteiger partial charge in [0.15, 0.2) is 9.84 Å². The van der Waals surface area contributed by atoms with E-state index in [2.05, 4.69) is 20.5 Å². The lowest BCUT2D eigenvalue weighted by molar-refractivity contribution is -0.125. The molecule has 43 heavy (non-hydrogen) atoms. The van der Waals surface area contributed by atoms with E-state index >= 15 is 0 Å². The summed E-state index contributed by atoms with van der Waals surface area (Å²) in [6.07, 6.45) is 0.375. The van der Waals surface area contributed by atoms with Crippen molar-refractivity contribution in [3.8, 4) is 0 Å². The number of nitrogens with one attached hydrogen (secondary N) is 2. The molecule has 232 valence electrons. The normalized spacial score (nSPS) is 14.7. The molecule has 3 N–H and O–H groups in total. The van der Waals surface area contributed by atoms with Crippen LogP contribution in [0.4, 0.5) is 0 Å². The van der Waals surface area contributed by atoms with E-state index in [1.165, 1.54) is 34.8 Å².